The van der Waals surface area contributed by atoms with E-state index >= 15 is 0 Å². The zero-order chi connectivity index (χ0) is 9.14. The summed E-state index contributed by atoms with van der Waals surface area (Å²) in [6.45, 7) is 1.93. The predicted octanol–water partition coefficient (Wildman–Crippen LogP) is 1.89. The van der Waals surface area contributed by atoms with Gasteiger partial charge in [-0.25, -0.2) is 0 Å². The number of nitrogens with two attached hydrogens (primary N) is 1. The lowest BCUT2D eigenvalue weighted by atomic mass is 10.1. The van der Waals surface area contributed by atoms with Crippen LogP contribution < -0.4 is 5.73 Å². The van der Waals surface area contributed by atoms with Gasteiger partial charge >= 0.3 is 0 Å². The predicted molar refractivity (Wildman–Crippen MR) is 58.2 cm³/mol. The van der Waals surface area contributed by atoms with Crippen molar-refractivity contribution in [3.8, 4) is 5.75 Å². The molecule has 66 valence electrons. The average molecular weight is 277 g/mol. The largest absolute Gasteiger partial charge is 0.507 e. The number of hydrogen-bond donors (Lipinski definition) is 2. The lowest BCUT2D eigenvalue weighted by Crippen LogP contribution is -2.17. The molecule has 0 saturated heterocycles. The second-order valence-electron chi connectivity index (χ2n) is 2.93. The molecule has 1 aromatic carbocycles. The van der Waals surface area contributed by atoms with Crippen molar-refractivity contribution in [1.29, 1.82) is 0 Å². The fourth-order valence-electron chi connectivity index (χ4n) is 1.07. The monoisotopic (exact) mass is 277 g/mol. The normalized spacial score (nSPS) is 12.9. The van der Waals surface area contributed by atoms with Gasteiger partial charge in [0.15, 0.2) is 0 Å². The van der Waals surface area contributed by atoms with Gasteiger partial charge in [-0.1, -0.05) is 12.1 Å². The molecule has 0 aliphatic carbocycles. The molecular weight excluding hydrogens is 265 g/mol. The molecule has 3 N–H and O–H groups in total. The molecule has 0 amide bonds. The highest BCUT2D eigenvalue weighted by molar-refractivity contribution is 14.1. The van der Waals surface area contributed by atoms with E-state index in [2.05, 4.69) is 22.6 Å². The number of aromatic hydroxyl groups is 1. The van der Waals surface area contributed by atoms with Crippen molar-refractivity contribution in [2.24, 2.45) is 5.73 Å². The molecule has 2 nitrogen and oxygen atoms in total. The summed E-state index contributed by atoms with van der Waals surface area (Å²) < 4.78 is 0.880. The molecule has 1 aromatic rings. The van der Waals surface area contributed by atoms with E-state index < -0.39 is 0 Å². The van der Waals surface area contributed by atoms with Gasteiger partial charge in [-0.15, -0.1) is 0 Å². The Bertz CT molecular complexity index is 273. The summed E-state index contributed by atoms with van der Waals surface area (Å²) in [5.74, 6) is 0.371. The van der Waals surface area contributed by atoms with Crippen molar-refractivity contribution in [1.82, 2.24) is 0 Å². The van der Waals surface area contributed by atoms with E-state index in [-0.39, 0.29) is 6.04 Å². The third-order valence-corrected chi connectivity index (χ3v) is 2.48. The first kappa shape index (κ1) is 9.80. The van der Waals surface area contributed by atoms with Gasteiger partial charge in [0.1, 0.15) is 5.75 Å². The maximum Gasteiger partial charge on any atom is 0.132 e. The Labute approximate surface area is 85.9 Å². The smallest absolute Gasteiger partial charge is 0.132 e. The zero-order valence-electron chi connectivity index (χ0n) is 6.92. The Kier molecular flexibility index (Phi) is 3.34. The first-order valence-corrected chi connectivity index (χ1v) is 4.91. The molecule has 0 spiro atoms. The average Bonchev–Trinajstić information content (AvgIpc) is 1.98. The minimum atomic E-state index is 0.0918. The Morgan fingerprint density at radius 3 is 2.83 bits per heavy atom. The number of hydrogen-bond acceptors (Lipinski definition) is 2. The third kappa shape index (κ3) is 2.35. The van der Waals surface area contributed by atoms with Crippen molar-refractivity contribution < 1.29 is 5.11 Å². The molecule has 3 heteroatoms. The summed E-state index contributed by atoms with van der Waals surface area (Å²) in [6, 6.07) is 5.80. The first-order valence-electron chi connectivity index (χ1n) is 3.83. The van der Waals surface area contributed by atoms with Gasteiger partial charge in [0, 0.05) is 6.04 Å². The van der Waals surface area contributed by atoms with Crippen molar-refractivity contribution in [3.63, 3.8) is 0 Å². The molecular formula is C9H12INO. The van der Waals surface area contributed by atoms with E-state index in [4.69, 9.17) is 5.73 Å². The summed E-state index contributed by atoms with van der Waals surface area (Å²) in [4.78, 5) is 0. The fraction of sp³-hybridized carbons (Fsp3) is 0.333. The summed E-state index contributed by atoms with van der Waals surface area (Å²) in [5.41, 5.74) is 6.56. The molecule has 12 heavy (non-hydrogen) atoms. The van der Waals surface area contributed by atoms with Crippen LogP contribution in [-0.2, 0) is 6.42 Å². The van der Waals surface area contributed by atoms with Gasteiger partial charge in [-0.2, -0.15) is 0 Å². The summed E-state index contributed by atoms with van der Waals surface area (Å²) >= 11 is 2.11. The van der Waals surface area contributed by atoms with Gasteiger partial charge in [0.2, 0.25) is 0 Å². The van der Waals surface area contributed by atoms with Crippen LogP contribution in [-0.4, -0.2) is 11.1 Å². The van der Waals surface area contributed by atoms with E-state index in [1.165, 1.54) is 0 Å². The topological polar surface area (TPSA) is 46.2 Å². The van der Waals surface area contributed by atoms with Crippen LogP contribution in [0.3, 0.4) is 0 Å². The molecule has 0 radical (unpaired) electrons. The zero-order valence-corrected chi connectivity index (χ0v) is 9.08. The van der Waals surface area contributed by atoms with Crippen LogP contribution in [0.1, 0.15) is 12.5 Å². The van der Waals surface area contributed by atoms with Crippen molar-refractivity contribution in [2.45, 2.75) is 19.4 Å². The summed E-state index contributed by atoms with van der Waals surface area (Å²) in [7, 11) is 0. The molecule has 0 fully saturated rings. The Balaban J connectivity index is 2.92. The maximum absolute atomic E-state index is 9.58. The molecule has 0 aliphatic rings. The molecule has 0 aromatic heterocycles. The highest BCUT2D eigenvalue weighted by Gasteiger charge is 2.05. The highest BCUT2D eigenvalue weighted by atomic mass is 127. The number of phenols is 1. The SMILES string of the molecule is C[C@@H](N)Cc1cccc(I)c1O. The number of phenolic OH excluding ortho intramolecular Hbond substituents is 1. The van der Waals surface area contributed by atoms with Crippen molar-refractivity contribution >= 4 is 22.6 Å². The van der Waals surface area contributed by atoms with Crippen LogP contribution >= 0.6 is 22.6 Å². The van der Waals surface area contributed by atoms with Crippen LogP contribution in [0.15, 0.2) is 18.2 Å². The van der Waals surface area contributed by atoms with Crippen molar-refractivity contribution in [3.05, 3.63) is 27.3 Å². The minimum Gasteiger partial charge on any atom is -0.507 e. The number of para-hydroxylation sites is 1. The Hall–Kier alpha value is -0.290. The van der Waals surface area contributed by atoms with Gasteiger partial charge < -0.3 is 10.8 Å². The van der Waals surface area contributed by atoms with E-state index in [0.717, 1.165) is 15.6 Å². The second kappa shape index (κ2) is 4.09. The first-order chi connectivity index (χ1) is 5.61. The molecule has 0 saturated carbocycles. The molecule has 1 atom stereocenters. The summed E-state index contributed by atoms with van der Waals surface area (Å²) in [5, 5.41) is 9.58. The lowest BCUT2D eigenvalue weighted by Gasteiger charge is -2.07. The molecule has 1 rings (SSSR count). The van der Waals surface area contributed by atoms with Gasteiger partial charge in [-0.05, 0) is 47.6 Å². The Morgan fingerprint density at radius 1 is 1.58 bits per heavy atom. The maximum atomic E-state index is 9.58. The molecule has 0 heterocycles. The van der Waals surface area contributed by atoms with Crippen LogP contribution in [0.2, 0.25) is 0 Å². The van der Waals surface area contributed by atoms with Crippen LogP contribution in [0.4, 0.5) is 0 Å². The molecule has 0 aliphatic heterocycles. The van der Waals surface area contributed by atoms with Crippen molar-refractivity contribution in [2.75, 3.05) is 0 Å². The van der Waals surface area contributed by atoms with E-state index in [9.17, 15) is 5.11 Å². The van der Waals surface area contributed by atoms with E-state index in [0.29, 0.717) is 5.75 Å². The quantitative estimate of drug-likeness (QED) is 0.811. The fourth-order valence-corrected chi connectivity index (χ4v) is 1.63. The highest BCUT2D eigenvalue weighted by Crippen LogP contribution is 2.24. The Morgan fingerprint density at radius 2 is 2.25 bits per heavy atom. The second-order valence-corrected chi connectivity index (χ2v) is 4.09. The third-order valence-electron chi connectivity index (χ3n) is 1.61. The van der Waals surface area contributed by atoms with Crippen LogP contribution in [0.5, 0.6) is 5.75 Å². The number of halogens is 1. The molecule has 0 unspecified atom stereocenters. The minimum absolute atomic E-state index is 0.0918. The van der Waals surface area contributed by atoms with Gasteiger partial charge in [0.05, 0.1) is 3.57 Å². The van der Waals surface area contributed by atoms with E-state index in [1.807, 2.05) is 25.1 Å². The van der Waals surface area contributed by atoms with Crippen LogP contribution in [0, 0.1) is 3.57 Å². The number of benzene rings is 1. The standard InChI is InChI=1S/C9H12INO/c1-6(11)5-7-3-2-4-8(10)9(7)12/h2-4,6,12H,5,11H2,1H3/t6-/m1/s1. The van der Waals surface area contributed by atoms with Crippen LogP contribution in [0.25, 0.3) is 0 Å². The van der Waals surface area contributed by atoms with Gasteiger partial charge in [-0.3, -0.25) is 0 Å². The summed E-state index contributed by atoms with van der Waals surface area (Å²) in [6.07, 6.45) is 0.725. The molecule has 0 bridgehead atoms. The number of rotatable bonds is 2. The van der Waals surface area contributed by atoms with E-state index in [1.54, 1.807) is 0 Å². The lowest BCUT2D eigenvalue weighted by molar-refractivity contribution is 0.462. The van der Waals surface area contributed by atoms with Gasteiger partial charge in [0.25, 0.3) is 0 Å².